The number of alkyl halides is 2. The number of benzene rings is 2. The zero-order chi connectivity index (χ0) is 18.8. The average molecular weight is 493 g/mol. The van der Waals surface area contributed by atoms with Gasteiger partial charge in [-0.2, -0.15) is 0 Å². The maximum absolute atomic E-state index is 13.2. The topological polar surface area (TPSA) is 45.7 Å². The summed E-state index contributed by atoms with van der Waals surface area (Å²) in [5, 5.41) is 6.28. The molecule has 0 amide bonds. The van der Waals surface area contributed by atoms with Crippen LogP contribution in [-0.4, -0.2) is 32.6 Å². The van der Waals surface area contributed by atoms with E-state index in [1.54, 1.807) is 31.3 Å². The van der Waals surface area contributed by atoms with Crippen molar-refractivity contribution >= 4 is 29.9 Å². The van der Waals surface area contributed by atoms with Crippen LogP contribution in [0.15, 0.2) is 53.5 Å². The SMILES string of the molecule is CN=C(NCCc1cccc(F)c1)NCc1cccc(OCC(F)F)c1.I. The second kappa shape index (κ2) is 12.4. The summed E-state index contributed by atoms with van der Waals surface area (Å²) in [7, 11) is 1.65. The molecule has 8 heteroatoms. The fraction of sp³-hybridized carbons (Fsp3) is 0.316. The van der Waals surface area contributed by atoms with Gasteiger partial charge >= 0.3 is 0 Å². The molecule has 2 aromatic rings. The van der Waals surface area contributed by atoms with Crippen LogP contribution in [0.25, 0.3) is 0 Å². The van der Waals surface area contributed by atoms with Crippen molar-refractivity contribution in [2.75, 3.05) is 20.2 Å². The summed E-state index contributed by atoms with van der Waals surface area (Å²) in [5.74, 6) is 0.748. The van der Waals surface area contributed by atoms with E-state index in [4.69, 9.17) is 4.74 Å². The second-order valence-corrected chi connectivity index (χ2v) is 5.58. The number of hydrogen-bond donors (Lipinski definition) is 2. The van der Waals surface area contributed by atoms with Crippen LogP contribution in [0.2, 0.25) is 0 Å². The van der Waals surface area contributed by atoms with Crippen LogP contribution in [0.1, 0.15) is 11.1 Å². The summed E-state index contributed by atoms with van der Waals surface area (Å²) in [4.78, 5) is 4.12. The molecule has 0 bridgehead atoms. The van der Waals surface area contributed by atoms with Gasteiger partial charge in [-0.25, -0.2) is 13.2 Å². The number of aliphatic imine (C=N–C) groups is 1. The summed E-state index contributed by atoms with van der Waals surface area (Å²) in [6.45, 7) is 0.437. The van der Waals surface area contributed by atoms with Crippen LogP contribution in [0.4, 0.5) is 13.2 Å². The molecule has 2 N–H and O–H groups in total. The Morgan fingerprint density at radius 1 is 1.07 bits per heavy atom. The van der Waals surface area contributed by atoms with Crippen LogP contribution >= 0.6 is 24.0 Å². The molecular formula is C19H23F3IN3O. The van der Waals surface area contributed by atoms with E-state index in [1.165, 1.54) is 12.1 Å². The Bertz CT molecular complexity index is 729. The quantitative estimate of drug-likeness (QED) is 0.332. The Labute approximate surface area is 174 Å². The molecule has 0 spiro atoms. The highest BCUT2D eigenvalue weighted by molar-refractivity contribution is 14.0. The summed E-state index contributed by atoms with van der Waals surface area (Å²) in [6, 6.07) is 13.4. The van der Waals surface area contributed by atoms with Gasteiger partial charge in [0.15, 0.2) is 5.96 Å². The minimum Gasteiger partial charge on any atom is -0.488 e. The van der Waals surface area contributed by atoms with Gasteiger partial charge in [0.1, 0.15) is 18.2 Å². The molecular weight excluding hydrogens is 470 g/mol. The first-order valence-electron chi connectivity index (χ1n) is 8.25. The first-order chi connectivity index (χ1) is 12.6. The first kappa shape index (κ1) is 23.1. The predicted octanol–water partition coefficient (Wildman–Crippen LogP) is 4.00. The molecule has 0 unspecified atom stereocenters. The van der Waals surface area contributed by atoms with Gasteiger partial charge < -0.3 is 15.4 Å². The number of nitrogens with zero attached hydrogens (tertiary/aromatic N) is 1. The molecule has 0 saturated carbocycles. The molecule has 4 nitrogen and oxygen atoms in total. The summed E-state index contributed by atoms with van der Waals surface area (Å²) in [6.07, 6.45) is -1.84. The van der Waals surface area contributed by atoms with Crippen molar-refractivity contribution in [1.29, 1.82) is 0 Å². The van der Waals surface area contributed by atoms with Gasteiger partial charge in [-0.05, 0) is 41.8 Å². The summed E-state index contributed by atoms with van der Waals surface area (Å²) < 4.78 is 42.6. The van der Waals surface area contributed by atoms with Gasteiger partial charge in [0.05, 0.1) is 0 Å². The highest BCUT2D eigenvalue weighted by atomic mass is 127. The van der Waals surface area contributed by atoms with E-state index in [0.717, 1.165) is 11.1 Å². The van der Waals surface area contributed by atoms with Crippen LogP contribution in [0.3, 0.4) is 0 Å². The Balaban J connectivity index is 0.00000364. The van der Waals surface area contributed by atoms with Crippen LogP contribution in [-0.2, 0) is 13.0 Å². The monoisotopic (exact) mass is 493 g/mol. The van der Waals surface area contributed by atoms with Crippen molar-refractivity contribution in [2.24, 2.45) is 4.99 Å². The smallest absolute Gasteiger partial charge is 0.272 e. The number of halogens is 4. The lowest BCUT2D eigenvalue weighted by Gasteiger charge is -2.13. The zero-order valence-corrected chi connectivity index (χ0v) is 17.3. The van der Waals surface area contributed by atoms with Crippen LogP contribution in [0, 0.1) is 5.82 Å². The van der Waals surface area contributed by atoms with Gasteiger partial charge in [0.2, 0.25) is 0 Å². The minimum absolute atomic E-state index is 0. The third-order valence-corrected chi connectivity index (χ3v) is 3.55. The van der Waals surface area contributed by atoms with Gasteiger partial charge in [0.25, 0.3) is 6.43 Å². The summed E-state index contributed by atoms with van der Waals surface area (Å²) >= 11 is 0. The first-order valence-corrected chi connectivity index (χ1v) is 8.25. The van der Waals surface area contributed by atoms with Gasteiger partial charge in [-0.1, -0.05) is 24.3 Å². The number of rotatable bonds is 8. The molecule has 0 saturated heterocycles. The van der Waals surface area contributed by atoms with Crippen molar-refractivity contribution < 1.29 is 17.9 Å². The molecule has 148 valence electrons. The van der Waals surface area contributed by atoms with E-state index in [9.17, 15) is 13.2 Å². The maximum Gasteiger partial charge on any atom is 0.272 e. The lowest BCUT2D eigenvalue weighted by atomic mass is 10.1. The largest absolute Gasteiger partial charge is 0.488 e. The Morgan fingerprint density at radius 3 is 2.52 bits per heavy atom. The second-order valence-electron chi connectivity index (χ2n) is 5.58. The summed E-state index contributed by atoms with van der Waals surface area (Å²) in [5.41, 5.74) is 1.78. The number of ether oxygens (including phenoxy) is 1. The van der Waals surface area contributed by atoms with Crippen LogP contribution < -0.4 is 15.4 Å². The van der Waals surface area contributed by atoms with E-state index in [1.807, 2.05) is 12.1 Å². The van der Waals surface area contributed by atoms with Crippen molar-refractivity contribution in [3.63, 3.8) is 0 Å². The number of nitrogens with one attached hydrogen (secondary N) is 2. The molecule has 27 heavy (non-hydrogen) atoms. The van der Waals surface area contributed by atoms with Crippen molar-refractivity contribution in [3.05, 3.63) is 65.5 Å². The molecule has 0 aliphatic rings. The van der Waals surface area contributed by atoms with Gasteiger partial charge in [0, 0.05) is 20.1 Å². The predicted molar refractivity (Wildman–Crippen MR) is 112 cm³/mol. The molecule has 0 heterocycles. The molecule has 0 aromatic heterocycles. The van der Waals surface area contributed by atoms with E-state index >= 15 is 0 Å². The van der Waals surface area contributed by atoms with Crippen molar-refractivity contribution in [3.8, 4) is 5.75 Å². The number of guanidine groups is 1. The molecule has 2 rings (SSSR count). The van der Waals surface area contributed by atoms with Crippen molar-refractivity contribution in [1.82, 2.24) is 10.6 Å². The highest BCUT2D eigenvalue weighted by Crippen LogP contribution is 2.14. The van der Waals surface area contributed by atoms with Gasteiger partial charge in [-0.3, -0.25) is 4.99 Å². The van der Waals surface area contributed by atoms with Crippen LogP contribution in [0.5, 0.6) is 5.75 Å². The fourth-order valence-corrected chi connectivity index (χ4v) is 2.33. The van der Waals surface area contributed by atoms with E-state index in [-0.39, 0.29) is 29.8 Å². The third-order valence-electron chi connectivity index (χ3n) is 3.55. The molecule has 0 aliphatic heterocycles. The maximum atomic E-state index is 13.2. The third kappa shape index (κ3) is 8.98. The lowest BCUT2D eigenvalue weighted by Crippen LogP contribution is -2.37. The molecule has 0 fully saturated rings. The zero-order valence-electron chi connectivity index (χ0n) is 14.9. The fourth-order valence-electron chi connectivity index (χ4n) is 2.33. The van der Waals surface area contributed by atoms with Gasteiger partial charge in [-0.15, -0.1) is 24.0 Å². The Hall–Kier alpha value is -1.97. The Morgan fingerprint density at radius 2 is 1.81 bits per heavy atom. The van der Waals surface area contributed by atoms with E-state index < -0.39 is 13.0 Å². The molecule has 2 aromatic carbocycles. The van der Waals surface area contributed by atoms with E-state index in [0.29, 0.717) is 31.2 Å². The number of hydrogen-bond acceptors (Lipinski definition) is 2. The molecule has 0 radical (unpaired) electrons. The normalized spacial score (nSPS) is 11.1. The minimum atomic E-state index is -2.50. The molecule has 0 aliphatic carbocycles. The molecule has 0 atom stereocenters. The average Bonchev–Trinajstić information content (AvgIpc) is 2.63. The standard InChI is InChI=1S/C19H22F3N3O.HI/c1-23-19(24-9-8-14-4-2-6-16(20)10-14)25-12-15-5-3-7-17(11-15)26-13-18(21)22;/h2-7,10-11,18H,8-9,12-13H2,1H3,(H2,23,24,25);1H. The Kier molecular flexibility index (Phi) is 10.6. The van der Waals surface area contributed by atoms with Crippen molar-refractivity contribution in [2.45, 2.75) is 19.4 Å². The van der Waals surface area contributed by atoms with E-state index in [2.05, 4.69) is 15.6 Å². The lowest BCUT2D eigenvalue weighted by molar-refractivity contribution is 0.0818. The highest BCUT2D eigenvalue weighted by Gasteiger charge is 2.05.